The van der Waals surface area contributed by atoms with E-state index in [1.54, 1.807) is 0 Å². The fourth-order valence-corrected chi connectivity index (χ4v) is 1.95. The minimum atomic E-state index is -3.23. The van der Waals surface area contributed by atoms with E-state index >= 15 is 0 Å². The van der Waals surface area contributed by atoms with Gasteiger partial charge in [0.25, 0.3) is 0 Å². The molecule has 1 aliphatic rings. The predicted molar refractivity (Wildman–Crippen MR) is 44.9 cm³/mol. The molecule has 64 valence electrons. The first-order chi connectivity index (χ1) is 5.14. The molecule has 11 heavy (non-hydrogen) atoms. The van der Waals surface area contributed by atoms with Gasteiger partial charge in [0, 0.05) is 6.04 Å². The van der Waals surface area contributed by atoms with Crippen LogP contribution in [0.25, 0.3) is 0 Å². The molecule has 0 bridgehead atoms. The van der Waals surface area contributed by atoms with Gasteiger partial charge in [-0.05, 0) is 12.8 Å². The summed E-state index contributed by atoms with van der Waals surface area (Å²) in [7, 11) is -3.23. The van der Waals surface area contributed by atoms with Crippen LogP contribution in [0.3, 0.4) is 0 Å². The number of hydrogen-bond acceptors (Lipinski definition) is 2. The van der Waals surface area contributed by atoms with Crippen LogP contribution in [0.4, 0.5) is 0 Å². The Labute approximate surface area is 71.5 Å². The van der Waals surface area contributed by atoms with Gasteiger partial charge in [0.1, 0.15) is 5.21 Å². The van der Waals surface area contributed by atoms with Crippen molar-refractivity contribution in [2.45, 2.75) is 18.9 Å². The van der Waals surface area contributed by atoms with E-state index in [9.17, 15) is 8.42 Å². The van der Waals surface area contributed by atoms with Crippen molar-refractivity contribution in [1.82, 2.24) is 4.72 Å². The highest BCUT2D eigenvalue weighted by Crippen LogP contribution is 2.10. The number of halogens is 1. The van der Waals surface area contributed by atoms with E-state index in [1.165, 1.54) is 0 Å². The lowest BCUT2D eigenvalue weighted by atomic mass is 10.3. The Morgan fingerprint density at radius 1 is 1.45 bits per heavy atom. The van der Waals surface area contributed by atoms with Crippen molar-refractivity contribution in [3.05, 3.63) is 12.2 Å². The minimum Gasteiger partial charge on any atom is -0.211 e. The largest absolute Gasteiger partial charge is 0.225 e. The molecule has 0 saturated heterocycles. The van der Waals surface area contributed by atoms with E-state index in [4.69, 9.17) is 11.6 Å². The highest BCUT2D eigenvalue weighted by atomic mass is 35.5. The SMILES string of the molecule is O=S(=O)(CCl)NC1CC=CC1. The Morgan fingerprint density at radius 2 is 2.00 bits per heavy atom. The lowest BCUT2D eigenvalue weighted by Crippen LogP contribution is -2.33. The fraction of sp³-hybridized carbons (Fsp3) is 0.667. The lowest BCUT2D eigenvalue weighted by Gasteiger charge is -2.09. The first kappa shape index (κ1) is 9.03. The van der Waals surface area contributed by atoms with Crippen LogP contribution in [0.1, 0.15) is 12.8 Å². The molecule has 0 radical (unpaired) electrons. The second kappa shape index (κ2) is 3.56. The molecular weight excluding hydrogens is 186 g/mol. The Hall–Kier alpha value is -0.0600. The molecule has 0 saturated carbocycles. The predicted octanol–water partition coefficient (Wildman–Crippen LogP) is 0.821. The van der Waals surface area contributed by atoms with E-state index in [1.807, 2.05) is 12.2 Å². The van der Waals surface area contributed by atoms with E-state index in [-0.39, 0.29) is 11.3 Å². The van der Waals surface area contributed by atoms with Crippen molar-refractivity contribution in [3.8, 4) is 0 Å². The Kier molecular flexibility index (Phi) is 2.92. The molecule has 0 spiro atoms. The monoisotopic (exact) mass is 195 g/mol. The summed E-state index contributed by atoms with van der Waals surface area (Å²) in [5.41, 5.74) is 0. The molecule has 0 aliphatic heterocycles. The fourth-order valence-electron chi connectivity index (χ4n) is 0.999. The van der Waals surface area contributed by atoms with Crippen LogP contribution in [-0.2, 0) is 10.0 Å². The maximum absolute atomic E-state index is 10.9. The van der Waals surface area contributed by atoms with Crippen LogP contribution >= 0.6 is 11.6 Å². The number of sulfonamides is 1. The van der Waals surface area contributed by atoms with Gasteiger partial charge < -0.3 is 0 Å². The summed E-state index contributed by atoms with van der Waals surface area (Å²) in [6.07, 6.45) is 5.47. The summed E-state index contributed by atoms with van der Waals surface area (Å²) in [4.78, 5) is 0. The second-order valence-corrected chi connectivity index (χ2v) is 4.82. The summed E-state index contributed by atoms with van der Waals surface area (Å²) in [6, 6.07) is 0.0266. The van der Waals surface area contributed by atoms with E-state index in [0.29, 0.717) is 0 Å². The van der Waals surface area contributed by atoms with E-state index in [2.05, 4.69) is 4.72 Å². The Morgan fingerprint density at radius 3 is 2.45 bits per heavy atom. The van der Waals surface area contributed by atoms with Crippen LogP contribution < -0.4 is 4.72 Å². The van der Waals surface area contributed by atoms with E-state index in [0.717, 1.165) is 12.8 Å². The van der Waals surface area contributed by atoms with Crippen molar-refractivity contribution in [2.24, 2.45) is 0 Å². The van der Waals surface area contributed by atoms with Gasteiger partial charge in [0.2, 0.25) is 10.0 Å². The highest BCUT2D eigenvalue weighted by Gasteiger charge is 2.16. The van der Waals surface area contributed by atoms with Gasteiger partial charge in [-0.15, -0.1) is 11.6 Å². The number of nitrogens with one attached hydrogen (secondary N) is 1. The summed E-state index contributed by atoms with van der Waals surface area (Å²) < 4.78 is 24.3. The third-order valence-corrected chi connectivity index (χ3v) is 3.34. The molecule has 0 unspecified atom stereocenters. The van der Waals surface area contributed by atoms with Crippen molar-refractivity contribution in [3.63, 3.8) is 0 Å². The molecule has 0 aromatic heterocycles. The molecule has 0 aromatic rings. The number of hydrogen-bond donors (Lipinski definition) is 1. The van der Waals surface area contributed by atoms with Crippen LogP contribution in [0.15, 0.2) is 12.2 Å². The molecule has 0 aromatic carbocycles. The Balaban J connectivity index is 2.43. The standard InChI is InChI=1S/C6H10ClNO2S/c7-5-11(9,10)8-6-3-1-2-4-6/h1-2,6,8H,3-5H2. The summed E-state index contributed by atoms with van der Waals surface area (Å²) in [5, 5.41) is -0.358. The maximum Gasteiger partial charge on any atom is 0.225 e. The van der Waals surface area contributed by atoms with Gasteiger partial charge in [-0.1, -0.05) is 12.2 Å². The first-order valence-electron chi connectivity index (χ1n) is 3.35. The zero-order valence-corrected chi connectivity index (χ0v) is 7.53. The van der Waals surface area contributed by atoms with Crippen LogP contribution in [-0.4, -0.2) is 19.7 Å². The van der Waals surface area contributed by atoms with Crippen molar-refractivity contribution in [1.29, 1.82) is 0 Å². The highest BCUT2D eigenvalue weighted by molar-refractivity contribution is 7.90. The zero-order valence-electron chi connectivity index (χ0n) is 5.96. The van der Waals surface area contributed by atoms with Crippen LogP contribution in [0.5, 0.6) is 0 Å². The third-order valence-electron chi connectivity index (χ3n) is 1.50. The molecule has 0 heterocycles. The van der Waals surface area contributed by atoms with Crippen molar-refractivity contribution < 1.29 is 8.42 Å². The van der Waals surface area contributed by atoms with Gasteiger partial charge in [-0.2, -0.15) is 0 Å². The van der Waals surface area contributed by atoms with Crippen LogP contribution in [0, 0.1) is 0 Å². The van der Waals surface area contributed by atoms with Crippen LogP contribution in [0.2, 0.25) is 0 Å². The average molecular weight is 196 g/mol. The molecular formula is C6H10ClNO2S. The third kappa shape index (κ3) is 2.81. The van der Waals surface area contributed by atoms with E-state index < -0.39 is 10.0 Å². The first-order valence-corrected chi connectivity index (χ1v) is 5.54. The summed E-state index contributed by atoms with van der Waals surface area (Å²) in [5.74, 6) is 0. The van der Waals surface area contributed by atoms with Gasteiger partial charge >= 0.3 is 0 Å². The van der Waals surface area contributed by atoms with Crippen molar-refractivity contribution >= 4 is 21.6 Å². The molecule has 0 fully saturated rings. The molecule has 0 atom stereocenters. The number of alkyl halides is 1. The smallest absolute Gasteiger partial charge is 0.211 e. The average Bonchev–Trinajstić information content (AvgIpc) is 2.39. The summed E-state index contributed by atoms with van der Waals surface area (Å²) >= 11 is 5.20. The second-order valence-electron chi connectivity index (χ2n) is 2.48. The zero-order chi connectivity index (χ0) is 8.32. The molecule has 1 rings (SSSR count). The lowest BCUT2D eigenvalue weighted by molar-refractivity contribution is 0.562. The molecule has 1 aliphatic carbocycles. The molecule has 1 N–H and O–H groups in total. The Bertz CT molecular complexity index is 239. The van der Waals surface area contributed by atoms with Gasteiger partial charge in [0.05, 0.1) is 0 Å². The quantitative estimate of drug-likeness (QED) is 0.536. The van der Waals surface area contributed by atoms with Gasteiger partial charge in [0.15, 0.2) is 0 Å². The topological polar surface area (TPSA) is 46.2 Å². The normalized spacial score (nSPS) is 19.4. The van der Waals surface area contributed by atoms with Gasteiger partial charge in [-0.3, -0.25) is 0 Å². The van der Waals surface area contributed by atoms with Gasteiger partial charge in [-0.25, -0.2) is 13.1 Å². The number of rotatable bonds is 3. The molecule has 3 nitrogen and oxygen atoms in total. The molecule has 0 amide bonds. The summed E-state index contributed by atoms with van der Waals surface area (Å²) in [6.45, 7) is 0. The maximum atomic E-state index is 10.9. The minimum absolute atomic E-state index is 0.0266. The molecule has 5 heteroatoms. The van der Waals surface area contributed by atoms with Crippen molar-refractivity contribution in [2.75, 3.05) is 5.21 Å².